The third kappa shape index (κ3) is 4.05. The van der Waals surface area contributed by atoms with Crippen LogP contribution in [0.4, 0.5) is 11.8 Å². The molecule has 3 aromatic heterocycles. The molecule has 0 aromatic carbocycles. The average molecular weight is 361 g/mol. The maximum atomic E-state index is 12.7. The lowest BCUT2D eigenvalue weighted by atomic mass is 9.94. The van der Waals surface area contributed by atoms with Gasteiger partial charge in [-0.2, -0.15) is 0 Å². The second kappa shape index (κ2) is 7.86. The molecule has 0 spiro atoms. The van der Waals surface area contributed by atoms with Crippen LogP contribution in [0.2, 0.25) is 0 Å². The van der Waals surface area contributed by atoms with Crippen LogP contribution in [0.1, 0.15) is 34.8 Å². The summed E-state index contributed by atoms with van der Waals surface area (Å²) in [7, 11) is 0. The van der Waals surface area contributed by atoms with Gasteiger partial charge in [0.15, 0.2) is 5.82 Å². The Kier molecular flexibility index (Phi) is 4.95. The number of nitrogens with zero attached hydrogens (tertiary/aromatic N) is 6. The van der Waals surface area contributed by atoms with Crippen LogP contribution in [0.15, 0.2) is 55.4 Å². The second-order valence-corrected chi connectivity index (χ2v) is 6.35. The summed E-state index contributed by atoms with van der Waals surface area (Å²) in [5.41, 5.74) is 1.53. The molecule has 0 aliphatic carbocycles. The molecule has 0 unspecified atom stereocenters. The summed E-state index contributed by atoms with van der Waals surface area (Å²) in [6.45, 7) is 1.38. The first-order valence-electron chi connectivity index (χ1n) is 8.85. The summed E-state index contributed by atoms with van der Waals surface area (Å²) in [5, 5.41) is 3.06. The number of carbonyl (C=O) groups is 1. The Labute approximate surface area is 156 Å². The van der Waals surface area contributed by atoms with Gasteiger partial charge >= 0.3 is 0 Å². The third-order valence-electron chi connectivity index (χ3n) is 4.52. The molecule has 0 saturated carbocycles. The highest BCUT2D eigenvalue weighted by atomic mass is 16.2. The van der Waals surface area contributed by atoms with Gasteiger partial charge in [-0.3, -0.25) is 14.8 Å². The van der Waals surface area contributed by atoms with E-state index in [4.69, 9.17) is 0 Å². The maximum absolute atomic E-state index is 12.7. The number of nitrogens with one attached hydrogen (secondary N) is 1. The van der Waals surface area contributed by atoms with E-state index in [9.17, 15) is 4.79 Å². The van der Waals surface area contributed by atoms with Crippen molar-refractivity contribution in [1.82, 2.24) is 29.8 Å². The molecule has 1 N–H and O–H groups in total. The van der Waals surface area contributed by atoms with Gasteiger partial charge in [-0.15, -0.1) is 0 Å². The predicted octanol–water partition coefficient (Wildman–Crippen LogP) is 2.42. The standard InChI is InChI=1S/C19H19N7O/c27-18(14-3-1-6-20-11-14)26-10-2-4-15(13-26)16-5-7-23-19(24-16)25-17-12-21-8-9-22-17/h1,3,5-9,11-12,15H,2,4,10,13H2,(H,22,23,24,25)/t15-/m1/s1. The Morgan fingerprint density at radius 3 is 2.81 bits per heavy atom. The van der Waals surface area contributed by atoms with Crippen LogP contribution in [-0.4, -0.2) is 48.8 Å². The number of anilines is 2. The quantitative estimate of drug-likeness (QED) is 0.762. The van der Waals surface area contributed by atoms with E-state index in [-0.39, 0.29) is 11.8 Å². The SMILES string of the molecule is O=C(c1cccnc1)N1CCC[C@@H](c2ccnc(Nc3cnccn3)n2)C1. The van der Waals surface area contributed by atoms with Gasteiger partial charge in [0, 0.05) is 50.0 Å². The van der Waals surface area contributed by atoms with Crippen molar-refractivity contribution in [3.8, 4) is 0 Å². The molecule has 1 amide bonds. The van der Waals surface area contributed by atoms with Crippen LogP contribution in [0.25, 0.3) is 0 Å². The molecule has 4 rings (SSSR count). The molecule has 0 bridgehead atoms. The molecule has 0 radical (unpaired) electrons. The number of hydrogen-bond acceptors (Lipinski definition) is 7. The van der Waals surface area contributed by atoms with Gasteiger partial charge in [-0.05, 0) is 31.0 Å². The number of piperidine rings is 1. The third-order valence-corrected chi connectivity index (χ3v) is 4.52. The van der Waals surface area contributed by atoms with E-state index >= 15 is 0 Å². The molecular weight excluding hydrogens is 342 g/mol. The van der Waals surface area contributed by atoms with E-state index in [1.165, 1.54) is 0 Å². The normalized spacial score (nSPS) is 16.7. The van der Waals surface area contributed by atoms with Crippen molar-refractivity contribution in [2.75, 3.05) is 18.4 Å². The van der Waals surface area contributed by atoms with Gasteiger partial charge in [-0.25, -0.2) is 15.0 Å². The van der Waals surface area contributed by atoms with Crippen molar-refractivity contribution >= 4 is 17.7 Å². The fourth-order valence-electron chi connectivity index (χ4n) is 3.21. The van der Waals surface area contributed by atoms with Gasteiger partial charge in [0.05, 0.1) is 17.5 Å². The highest BCUT2D eigenvalue weighted by molar-refractivity contribution is 5.94. The maximum Gasteiger partial charge on any atom is 0.255 e. The lowest BCUT2D eigenvalue weighted by Gasteiger charge is -2.32. The van der Waals surface area contributed by atoms with E-state index in [1.807, 2.05) is 11.0 Å². The Bertz CT molecular complexity index is 904. The fourth-order valence-corrected chi connectivity index (χ4v) is 3.21. The lowest BCUT2D eigenvalue weighted by molar-refractivity contribution is 0.0705. The van der Waals surface area contributed by atoms with Crippen molar-refractivity contribution < 1.29 is 4.79 Å². The van der Waals surface area contributed by atoms with Gasteiger partial charge in [0.1, 0.15) is 0 Å². The average Bonchev–Trinajstić information content (AvgIpc) is 2.75. The summed E-state index contributed by atoms with van der Waals surface area (Å²) >= 11 is 0. The largest absolute Gasteiger partial charge is 0.338 e. The zero-order valence-electron chi connectivity index (χ0n) is 14.7. The topological polar surface area (TPSA) is 96.8 Å². The first-order valence-corrected chi connectivity index (χ1v) is 8.85. The second-order valence-electron chi connectivity index (χ2n) is 6.35. The number of pyridine rings is 1. The molecule has 1 aliphatic heterocycles. The minimum atomic E-state index is 0.0137. The summed E-state index contributed by atoms with van der Waals surface area (Å²) < 4.78 is 0. The fraction of sp³-hybridized carbons (Fsp3) is 0.263. The lowest BCUT2D eigenvalue weighted by Crippen LogP contribution is -2.39. The van der Waals surface area contributed by atoms with E-state index in [1.54, 1.807) is 49.3 Å². The van der Waals surface area contributed by atoms with Crippen molar-refractivity contribution in [2.45, 2.75) is 18.8 Å². The van der Waals surface area contributed by atoms with E-state index in [2.05, 4.69) is 30.2 Å². The first kappa shape index (κ1) is 17.0. The molecule has 27 heavy (non-hydrogen) atoms. The predicted molar refractivity (Wildman–Crippen MR) is 99.5 cm³/mol. The smallest absolute Gasteiger partial charge is 0.255 e. The number of hydrogen-bond donors (Lipinski definition) is 1. The van der Waals surface area contributed by atoms with Crippen LogP contribution < -0.4 is 5.32 Å². The molecule has 1 atom stereocenters. The monoisotopic (exact) mass is 361 g/mol. The van der Waals surface area contributed by atoms with Crippen LogP contribution >= 0.6 is 0 Å². The van der Waals surface area contributed by atoms with E-state index in [0.29, 0.717) is 23.9 Å². The molecule has 8 nitrogen and oxygen atoms in total. The van der Waals surface area contributed by atoms with Gasteiger partial charge < -0.3 is 10.2 Å². The molecular formula is C19H19N7O. The molecule has 1 fully saturated rings. The molecule has 8 heteroatoms. The van der Waals surface area contributed by atoms with E-state index in [0.717, 1.165) is 25.1 Å². The minimum absolute atomic E-state index is 0.0137. The Morgan fingerprint density at radius 1 is 1.07 bits per heavy atom. The summed E-state index contributed by atoms with van der Waals surface area (Å²) in [4.78, 5) is 35.7. The van der Waals surface area contributed by atoms with E-state index < -0.39 is 0 Å². The van der Waals surface area contributed by atoms with Crippen LogP contribution in [0, 0.1) is 0 Å². The Morgan fingerprint density at radius 2 is 2.00 bits per heavy atom. The Balaban J connectivity index is 1.48. The Hall–Kier alpha value is -3.42. The molecule has 1 aliphatic rings. The summed E-state index contributed by atoms with van der Waals surface area (Å²) in [5.74, 6) is 1.25. The number of carbonyl (C=O) groups excluding carboxylic acids is 1. The number of amides is 1. The minimum Gasteiger partial charge on any atom is -0.338 e. The van der Waals surface area contributed by atoms with Crippen molar-refractivity contribution in [3.63, 3.8) is 0 Å². The summed E-state index contributed by atoms with van der Waals surface area (Å²) in [6.07, 6.45) is 11.8. The first-order chi connectivity index (χ1) is 13.3. The molecule has 3 aromatic rings. The van der Waals surface area contributed by atoms with Gasteiger partial charge in [0.25, 0.3) is 5.91 Å². The van der Waals surface area contributed by atoms with Crippen LogP contribution in [-0.2, 0) is 0 Å². The van der Waals surface area contributed by atoms with Crippen LogP contribution in [0.3, 0.4) is 0 Å². The zero-order chi connectivity index (χ0) is 18.5. The zero-order valence-corrected chi connectivity index (χ0v) is 14.7. The number of likely N-dealkylation sites (tertiary alicyclic amines) is 1. The van der Waals surface area contributed by atoms with Crippen molar-refractivity contribution in [3.05, 3.63) is 66.6 Å². The molecule has 136 valence electrons. The highest BCUT2D eigenvalue weighted by Crippen LogP contribution is 2.27. The van der Waals surface area contributed by atoms with Crippen molar-refractivity contribution in [1.29, 1.82) is 0 Å². The van der Waals surface area contributed by atoms with Gasteiger partial charge in [-0.1, -0.05) is 0 Å². The molecule has 1 saturated heterocycles. The summed E-state index contributed by atoms with van der Waals surface area (Å²) in [6, 6.07) is 5.49. The highest BCUT2D eigenvalue weighted by Gasteiger charge is 2.26. The number of aromatic nitrogens is 5. The van der Waals surface area contributed by atoms with Crippen LogP contribution in [0.5, 0.6) is 0 Å². The number of rotatable bonds is 4. The van der Waals surface area contributed by atoms with Crippen molar-refractivity contribution in [2.24, 2.45) is 0 Å². The van der Waals surface area contributed by atoms with Gasteiger partial charge in [0.2, 0.25) is 5.95 Å². The molecule has 4 heterocycles.